The molecule has 1 amide bonds. The first-order chi connectivity index (χ1) is 12.1. The second kappa shape index (κ2) is 8.29. The summed E-state index contributed by atoms with van der Waals surface area (Å²) in [5.41, 5.74) is 2.38. The van der Waals surface area contributed by atoms with E-state index < -0.39 is 5.97 Å². The number of carbonyl (C=O) groups is 2. The van der Waals surface area contributed by atoms with Gasteiger partial charge in [-0.3, -0.25) is 14.5 Å². The van der Waals surface area contributed by atoms with E-state index in [0.29, 0.717) is 19.5 Å². The van der Waals surface area contributed by atoms with Crippen LogP contribution in [0.5, 0.6) is 0 Å². The van der Waals surface area contributed by atoms with Gasteiger partial charge in [-0.15, -0.1) is 0 Å². The molecule has 7 heteroatoms. The van der Waals surface area contributed by atoms with Crippen molar-refractivity contribution in [2.24, 2.45) is 0 Å². The Morgan fingerprint density at radius 1 is 1.32 bits per heavy atom. The van der Waals surface area contributed by atoms with Crippen molar-refractivity contribution in [2.75, 3.05) is 31.5 Å². The van der Waals surface area contributed by atoms with E-state index in [1.54, 1.807) is 0 Å². The van der Waals surface area contributed by atoms with Gasteiger partial charge in [-0.2, -0.15) is 0 Å². The van der Waals surface area contributed by atoms with Crippen molar-refractivity contribution >= 4 is 17.7 Å². The van der Waals surface area contributed by atoms with Gasteiger partial charge in [-0.1, -0.05) is 6.07 Å². The van der Waals surface area contributed by atoms with Crippen molar-refractivity contribution in [1.29, 1.82) is 0 Å². The van der Waals surface area contributed by atoms with Gasteiger partial charge in [0.1, 0.15) is 5.82 Å². The highest BCUT2D eigenvalue weighted by Crippen LogP contribution is 2.20. The molecule has 3 rings (SSSR count). The standard InChI is InChI=1S/C18H26N4O3/c23-16(20-15-10-22(11-15)12-17(24)25)6-2-1-5-14-8-7-13-4-3-9-19-18(13)21-14/h7-8,15H,1-6,9-12H2,(H,19,21)(H,20,23)(H,24,25). The number of amides is 1. The fraction of sp³-hybridized carbons (Fsp3) is 0.611. The van der Waals surface area contributed by atoms with Crippen molar-refractivity contribution < 1.29 is 14.7 Å². The zero-order chi connectivity index (χ0) is 17.6. The summed E-state index contributed by atoms with van der Waals surface area (Å²) in [5, 5.41) is 15.0. The summed E-state index contributed by atoms with van der Waals surface area (Å²) in [6.45, 7) is 2.30. The number of carboxylic acid groups (broad SMARTS) is 1. The highest BCUT2D eigenvalue weighted by Gasteiger charge is 2.28. The Labute approximate surface area is 147 Å². The summed E-state index contributed by atoms with van der Waals surface area (Å²) in [5.74, 6) is 0.258. The summed E-state index contributed by atoms with van der Waals surface area (Å²) >= 11 is 0. The second-order valence-corrected chi connectivity index (χ2v) is 6.90. The topological polar surface area (TPSA) is 94.6 Å². The number of pyridine rings is 1. The first kappa shape index (κ1) is 17.7. The van der Waals surface area contributed by atoms with Gasteiger partial charge in [-0.05, 0) is 43.7 Å². The van der Waals surface area contributed by atoms with E-state index in [1.165, 1.54) is 5.56 Å². The zero-order valence-electron chi connectivity index (χ0n) is 14.5. The van der Waals surface area contributed by atoms with Crippen LogP contribution >= 0.6 is 0 Å². The van der Waals surface area contributed by atoms with Crippen LogP contribution in [-0.2, 0) is 22.4 Å². The number of aryl methyl sites for hydroxylation is 2. The minimum Gasteiger partial charge on any atom is -0.480 e. The van der Waals surface area contributed by atoms with Crippen LogP contribution in [-0.4, -0.2) is 59.1 Å². The van der Waals surface area contributed by atoms with Crippen LogP contribution in [0.1, 0.15) is 36.9 Å². The lowest BCUT2D eigenvalue weighted by Gasteiger charge is -2.38. The molecule has 136 valence electrons. The van der Waals surface area contributed by atoms with Gasteiger partial charge in [0.2, 0.25) is 5.91 Å². The third-order valence-corrected chi connectivity index (χ3v) is 4.72. The fourth-order valence-electron chi connectivity index (χ4n) is 3.38. The maximum Gasteiger partial charge on any atom is 0.317 e. The lowest BCUT2D eigenvalue weighted by molar-refractivity contribution is -0.139. The molecule has 3 heterocycles. The fourth-order valence-corrected chi connectivity index (χ4v) is 3.38. The lowest BCUT2D eigenvalue weighted by Crippen LogP contribution is -2.60. The highest BCUT2D eigenvalue weighted by atomic mass is 16.4. The van der Waals surface area contributed by atoms with Crippen LogP contribution in [0.4, 0.5) is 5.82 Å². The minimum absolute atomic E-state index is 0.0506. The Morgan fingerprint density at radius 2 is 2.16 bits per heavy atom. The predicted molar refractivity (Wildman–Crippen MR) is 94.6 cm³/mol. The molecule has 1 saturated heterocycles. The van der Waals surface area contributed by atoms with E-state index in [0.717, 1.165) is 50.2 Å². The molecule has 0 atom stereocenters. The Morgan fingerprint density at radius 3 is 2.96 bits per heavy atom. The normalized spacial score (nSPS) is 17.3. The van der Waals surface area contributed by atoms with E-state index in [4.69, 9.17) is 5.11 Å². The number of rotatable bonds is 8. The van der Waals surface area contributed by atoms with E-state index in [2.05, 4.69) is 27.8 Å². The predicted octanol–water partition coefficient (Wildman–Crippen LogP) is 1.04. The number of fused-ring (bicyclic) bond motifs is 1. The molecule has 1 aromatic rings. The number of aliphatic carboxylic acids is 1. The van der Waals surface area contributed by atoms with Gasteiger partial charge in [0, 0.05) is 31.7 Å². The van der Waals surface area contributed by atoms with Crippen molar-refractivity contribution in [3.05, 3.63) is 23.4 Å². The van der Waals surface area contributed by atoms with Gasteiger partial charge < -0.3 is 15.7 Å². The van der Waals surface area contributed by atoms with Crippen LogP contribution in [0.15, 0.2) is 12.1 Å². The Hall–Kier alpha value is -2.15. The van der Waals surface area contributed by atoms with Gasteiger partial charge >= 0.3 is 5.97 Å². The van der Waals surface area contributed by atoms with Crippen LogP contribution < -0.4 is 10.6 Å². The quantitative estimate of drug-likeness (QED) is 0.609. The molecule has 0 aromatic carbocycles. The average molecular weight is 346 g/mol. The Bertz CT molecular complexity index is 629. The van der Waals surface area contributed by atoms with Gasteiger partial charge in [0.05, 0.1) is 12.6 Å². The summed E-state index contributed by atoms with van der Waals surface area (Å²) in [6.07, 6.45) is 5.44. The number of carboxylic acids is 1. The summed E-state index contributed by atoms with van der Waals surface area (Å²) in [6, 6.07) is 4.35. The van der Waals surface area contributed by atoms with Crippen molar-refractivity contribution in [3.63, 3.8) is 0 Å². The van der Waals surface area contributed by atoms with Crippen molar-refractivity contribution in [3.8, 4) is 0 Å². The third kappa shape index (κ3) is 5.16. The molecule has 0 aliphatic carbocycles. The number of aromatic nitrogens is 1. The number of anilines is 1. The molecule has 7 nitrogen and oxygen atoms in total. The zero-order valence-corrected chi connectivity index (χ0v) is 14.5. The van der Waals surface area contributed by atoms with Crippen LogP contribution in [0.25, 0.3) is 0 Å². The highest BCUT2D eigenvalue weighted by molar-refractivity contribution is 5.76. The number of hydrogen-bond acceptors (Lipinski definition) is 5. The van der Waals surface area contributed by atoms with Gasteiger partial charge in [0.15, 0.2) is 0 Å². The van der Waals surface area contributed by atoms with Crippen molar-refractivity contribution in [2.45, 2.75) is 44.6 Å². The molecule has 0 bridgehead atoms. The Balaban J connectivity index is 1.30. The average Bonchev–Trinajstić information content (AvgIpc) is 2.56. The molecule has 0 radical (unpaired) electrons. The summed E-state index contributed by atoms with van der Waals surface area (Å²) < 4.78 is 0. The van der Waals surface area contributed by atoms with Crippen LogP contribution in [0.3, 0.4) is 0 Å². The summed E-state index contributed by atoms with van der Waals surface area (Å²) in [4.78, 5) is 28.9. The number of carbonyl (C=O) groups excluding carboxylic acids is 1. The number of hydrogen-bond donors (Lipinski definition) is 3. The number of unbranched alkanes of at least 4 members (excludes halogenated alkanes) is 1. The van der Waals surface area contributed by atoms with Gasteiger partial charge in [-0.25, -0.2) is 4.98 Å². The molecule has 1 fully saturated rings. The SMILES string of the molecule is O=C(O)CN1CC(NC(=O)CCCCc2ccc3c(n2)NCCC3)C1. The second-order valence-electron chi connectivity index (χ2n) is 6.90. The third-order valence-electron chi connectivity index (χ3n) is 4.72. The molecule has 1 aromatic heterocycles. The molecule has 25 heavy (non-hydrogen) atoms. The molecule has 3 N–H and O–H groups in total. The summed E-state index contributed by atoms with van der Waals surface area (Å²) in [7, 11) is 0. The van der Waals surface area contributed by atoms with Crippen LogP contribution in [0.2, 0.25) is 0 Å². The molecule has 0 unspecified atom stereocenters. The molecule has 2 aliphatic heterocycles. The number of likely N-dealkylation sites (tertiary alicyclic amines) is 1. The molecular weight excluding hydrogens is 320 g/mol. The molecular formula is C18H26N4O3. The lowest BCUT2D eigenvalue weighted by atomic mass is 10.1. The molecule has 0 spiro atoms. The van der Waals surface area contributed by atoms with E-state index in [9.17, 15) is 9.59 Å². The molecule has 2 aliphatic rings. The van der Waals surface area contributed by atoms with Gasteiger partial charge in [0.25, 0.3) is 0 Å². The molecule has 0 saturated carbocycles. The largest absolute Gasteiger partial charge is 0.480 e. The first-order valence-corrected chi connectivity index (χ1v) is 9.06. The monoisotopic (exact) mass is 346 g/mol. The maximum absolute atomic E-state index is 11.9. The van der Waals surface area contributed by atoms with E-state index in [1.807, 2.05) is 4.90 Å². The smallest absolute Gasteiger partial charge is 0.317 e. The maximum atomic E-state index is 11.9. The van der Waals surface area contributed by atoms with Crippen LogP contribution in [0, 0.1) is 0 Å². The minimum atomic E-state index is -0.823. The first-order valence-electron chi connectivity index (χ1n) is 9.06. The van der Waals surface area contributed by atoms with E-state index >= 15 is 0 Å². The number of nitrogens with zero attached hydrogens (tertiary/aromatic N) is 2. The van der Waals surface area contributed by atoms with Crippen molar-refractivity contribution in [1.82, 2.24) is 15.2 Å². The Kier molecular flexibility index (Phi) is 5.86. The van der Waals surface area contributed by atoms with E-state index in [-0.39, 0.29) is 18.5 Å². The number of nitrogens with one attached hydrogen (secondary N) is 2.